The molecule has 1 aromatic carbocycles. The minimum atomic E-state index is -0.0561. The van der Waals surface area contributed by atoms with Crippen molar-refractivity contribution in [1.29, 1.82) is 0 Å². The average Bonchev–Trinajstić information content (AvgIpc) is 2.16. The van der Waals surface area contributed by atoms with Crippen LogP contribution >= 0.6 is 0 Å². The summed E-state index contributed by atoms with van der Waals surface area (Å²) in [6.45, 7) is 5.08. The molecule has 72 valence electrons. The van der Waals surface area contributed by atoms with E-state index in [0.717, 1.165) is 11.3 Å². The first-order valence-corrected chi connectivity index (χ1v) is 4.39. The van der Waals surface area contributed by atoms with Crippen LogP contribution in [0.4, 0.5) is 5.69 Å². The molecule has 1 N–H and O–H groups in total. The lowest BCUT2D eigenvalue weighted by atomic mass is 10.2. The van der Waals surface area contributed by atoms with E-state index in [1.54, 1.807) is 6.08 Å². The van der Waals surface area contributed by atoms with Gasteiger partial charge in [-0.3, -0.25) is 4.79 Å². The van der Waals surface area contributed by atoms with E-state index in [-0.39, 0.29) is 5.91 Å². The Morgan fingerprint density at radius 2 is 2.00 bits per heavy atom. The predicted octanol–water partition coefficient (Wildman–Crippen LogP) is 2.84. The first-order chi connectivity index (χ1) is 6.72. The molecule has 1 rings (SSSR count). The Bertz CT molecular complexity index is 349. The molecule has 1 amide bonds. The minimum absolute atomic E-state index is 0.0561. The molecule has 14 heavy (non-hydrogen) atoms. The number of benzene rings is 1. The van der Waals surface area contributed by atoms with Gasteiger partial charge in [-0.25, -0.2) is 0 Å². The second-order valence-corrected chi connectivity index (χ2v) is 2.90. The van der Waals surface area contributed by atoms with Crippen LogP contribution in [0.25, 0.3) is 6.08 Å². The van der Waals surface area contributed by atoms with Gasteiger partial charge in [-0.2, -0.15) is 0 Å². The van der Waals surface area contributed by atoms with Gasteiger partial charge in [0.2, 0.25) is 5.91 Å². The third-order valence-corrected chi connectivity index (χ3v) is 1.66. The molecule has 0 spiro atoms. The van der Waals surface area contributed by atoms with Crippen molar-refractivity contribution in [2.75, 3.05) is 5.32 Å². The summed E-state index contributed by atoms with van der Waals surface area (Å²) in [4.78, 5) is 10.7. The highest BCUT2D eigenvalue weighted by Gasteiger charge is 1.93. The van der Waals surface area contributed by atoms with Crippen molar-refractivity contribution in [3.05, 3.63) is 48.6 Å². The van der Waals surface area contributed by atoms with Crippen LogP contribution in [-0.4, -0.2) is 5.91 Å². The van der Waals surface area contributed by atoms with Crippen molar-refractivity contribution >= 4 is 17.7 Å². The molecule has 0 aliphatic carbocycles. The second kappa shape index (κ2) is 5.02. The van der Waals surface area contributed by atoms with Crippen LogP contribution in [0.3, 0.4) is 0 Å². The highest BCUT2D eigenvalue weighted by atomic mass is 16.1. The highest BCUT2D eigenvalue weighted by molar-refractivity contribution is 5.88. The quantitative estimate of drug-likeness (QED) is 0.724. The zero-order valence-corrected chi connectivity index (χ0v) is 8.16. The van der Waals surface area contributed by atoms with Crippen LogP contribution in [0, 0.1) is 0 Å². The summed E-state index contributed by atoms with van der Waals surface area (Å²) in [6.07, 6.45) is 5.54. The van der Waals surface area contributed by atoms with Gasteiger partial charge in [-0.05, 0) is 17.7 Å². The molecule has 0 fully saturated rings. The van der Waals surface area contributed by atoms with E-state index in [0.29, 0.717) is 0 Å². The van der Waals surface area contributed by atoms with E-state index in [2.05, 4.69) is 11.9 Å². The summed E-state index contributed by atoms with van der Waals surface area (Å²) in [6, 6.07) is 7.60. The fourth-order valence-corrected chi connectivity index (χ4v) is 1.06. The number of amides is 1. The van der Waals surface area contributed by atoms with Crippen molar-refractivity contribution in [3.8, 4) is 0 Å². The molecule has 0 unspecified atom stereocenters. The number of anilines is 1. The standard InChI is InChI=1S/C12H13NO/c1-3-4-5-11-6-8-12(9-7-11)13-10(2)14/h3-9H,1H2,2H3,(H,13,14). The van der Waals surface area contributed by atoms with Gasteiger partial charge in [0, 0.05) is 12.6 Å². The summed E-state index contributed by atoms with van der Waals surface area (Å²) in [5.41, 5.74) is 1.90. The lowest BCUT2D eigenvalue weighted by molar-refractivity contribution is -0.114. The summed E-state index contributed by atoms with van der Waals surface area (Å²) >= 11 is 0. The normalized spacial score (nSPS) is 10.1. The van der Waals surface area contributed by atoms with Gasteiger partial charge < -0.3 is 5.32 Å². The van der Waals surface area contributed by atoms with Crippen molar-refractivity contribution in [2.45, 2.75) is 6.92 Å². The molecule has 0 saturated heterocycles. The largest absolute Gasteiger partial charge is 0.326 e. The van der Waals surface area contributed by atoms with Crippen LogP contribution in [0.15, 0.2) is 43.0 Å². The van der Waals surface area contributed by atoms with Crippen LogP contribution in [0.5, 0.6) is 0 Å². The van der Waals surface area contributed by atoms with Gasteiger partial charge in [0.1, 0.15) is 0 Å². The van der Waals surface area contributed by atoms with E-state index in [4.69, 9.17) is 0 Å². The Morgan fingerprint density at radius 3 is 2.50 bits per heavy atom. The fourth-order valence-electron chi connectivity index (χ4n) is 1.06. The Hall–Kier alpha value is -1.83. The maximum absolute atomic E-state index is 10.7. The van der Waals surface area contributed by atoms with Gasteiger partial charge in [0.25, 0.3) is 0 Å². The first kappa shape index (κ1) is 10.3. The Balaban J connectivity index is 2.73. The topological polar surface area (TPSA) is 29.1 Å². The van der Waals surface area contributed by atoms with Crippen LogP contribution < -0.4 is 5.32 Å². The number of carbonyl (C=O) groups excluding carboxylic acids is 1. The zero-order valence-electron chi connectivity index (χ0n) is 8.16. The van der Waals surface area contributed by atoms with Crippen molar-refractivity contribution in [3.63, 3.8) is 0 Å². The number of nitrogens with one attached hydrogen (secondary N) is 1. The van der Waals surface area contributed by atoms with Crippen molar-refractivity contribution in [2.24, 2.45) is 0 Å². The highest BCUT2D eigenvalue weighted by Crippen LogP contribution is 2.10. The summed E-state index contributed by atoms with van der Waals surface area (Å²) in [5, 5.41) is 2.70. The predicted molar refractivity (Wildman–Crippen MR) is 60.0 cm³/mol. The van der Waals surface area contributed by atoms with Crippen LogP contribution in [0.2, 0.25) is 0 Å². The van der Waals surface area contributed by atoms with Crippen LogP contribution in [0.1, 0.15) is 12.5 Å². The van der Waals surface area contributed by atoms with E-state index >= 15 is 0 Å². The van der Waals surface area contributed by atoms with Gasteiger partial charge in [0.05, 0.1) is 0 Å². The molecule has 1 aromatic rings. The number of allylic oxidation sites excluding steroid dienone is 2. The number of hydrogen-bond acceptors (Lipinski definition) is 1. The van der Waals surface area contributed by atoms with Gasteiger partial charge in [-0.1, -0.05) is 36.9 Å². The summed E-state index contributed by atoms with van der Waals surface area (Å²) in [5.74, 6) is -0.0561. The number of hydrogen-bond donors (Lipinski definition) is 1. The lowest BCUT2D eigenvalue weighted by Crippen LogP contribution is -2.05. The molecule has 0 aromatic heterocycles. The third kappa shape index (κ3) is 3.27. The SMILES string of the molecule is C=CC=Cc1ccc(NC(C)=O)cc1. The molecular formula is C12H13NO. The van der Waals surface area contributed by atoms with E-state index in [1.807, 2.05) is 36.4 Å². The Labute approximate surface area is 84.0 Å². The first-order valence-electron chi connectivity index (χ1n) is 4.39. The summed E-state index contributed by atoms with van der Waals surface area (Å²) < 4.78 is 0. The van der Waals surface area contributed by atoms with Gasteiger partial charge in [-0.15, -0.1) is 0 Å². The molecular weight excluding hydrogens is 174 g/mol. The summed E-state index contributed by atoms with van der Waals surface area (Å²) in [7, 11) is 0. The Kier molecular flexibility index (Phi) is 3.68. The molecule has 0 bridgehead atoms. The van der Waals surface area contributed by atoms with Crippen molar-refractivity contribution in [1.82, 2.24) is 0 Å². The van der Waals surface area contributed by atoms with Crippen molar-refractivity contribution < 1.29 is 4.79 Å². The molecule has 0 radical (unpaired) electrons. The van der Waals surface area contributed by atoms with E-state index in [1.165, 1.54) is 6.92 Å². The molecule has 2 heteroatoms. The third-order valence-electron chi connectivity index (χ3n) is 1.66. The second-order valence-electron chi connectivity index (χ2n) is 2.90. The maximum Gasteiger partial charge on any atom is 0.221 e. The molecule has 0 atom stereocenters. The molecule has 0 aliphatic rings. The minimum Gasteiger partial charge on any atom is -0.326 e. The monoisotopic (exact) mass is 187 g/mol. The number of rotatable bonds is 3. The molecule has 2 nitrogen and oxygen atoms in total. The maximum atomic E-state index is 10.7. The van der Waals surface area contributed by atoms with E-state index < -0.39 is 0 Å². The van der Waals surface area contributed by atoms with E-state index in [9.17, 15) is 4.79 Å². The Morgan fingerprint density at radius 1 is 1.36 bits per heavy atom. The van der Waals surface area contributed by atoms with Gasteiger partial charge in [0.15, 0.2) is 0 Å². The lowest BCUT2D eigenvalue weighted by Gasteiger charge is -2.01. The number of carbonyl (C=O) groups is 1. The van der Waals surface area contributed by atoms with Crippen LogP contribution in [-0.2, 0) is 4.79 Å². The molecule has 0 aliphatic heterocycles. The molecule has 0 saturated carbocycles. The molecule has 0 heterocycles. The fraction of sp³-hybridized carbons (Fsp3) is 0.0833. The zero-order chi connectivity index (χ0) is 10.4. The van der Waals surface area contributed by atoms with Gasteiger partial charge >= 0.3 is 0 Å². The average molecular weight is 187 g/mol. The smallest absolute Gasteiger partial charge is 0.221 e.